The molecule has 2 aliphatic rings. The molecule has 0 fully saturated rings. The van der Waals surface area contributed by atoms with Gasteiger partial charge in [0.2, 0.25) is 5.91 Å². The average Bonchev–Trinajstić information content (AvgIpc) is 3.35. The molecule has 0 saturated carbocycles. The standard InChI is InChI=1S/C30H38N8O3/c1-19(2)38-25-12-14-36(27-15-22-7-6-13-37(20(3)39)26(22)17-31-27)18-24(25)28(34-38)29(40)32-16-21-8-10-23(11-9-21)33-30(41)35(4)5/h8-11,15,17,19H,6-7,12-14,16,18H2,1-5H3,(H,32,40)(H,33,41). The smallest absolute Gasteiger partial charge is 0.321 e. The Bertz CT molecular complexity index is 1460. The van der Waals surface area contributed by atoms with Crippen LogP contribution in [0.5, 0.6) is 0 Å². The minimum atomic E-state index is -0.219. The van der Waals surface area contributed by atoms with Gasteiger partial charge in [-0.3, -0.25) is 14.3 Å². The highest BCUT2D eigenvalue weighted by Crippen LogP contribution is 2.32. The molecule has 5 rings (SSSR count). The van der Waals surface area contributed by atoms with Crippen LogP contribution in [0, 0.1) is 0 Å². The van der Waals surface area contributed by atoms with Crippen LogP contribution < -0.4 is 20.4 Å². The fourth-order valence-corrected chi connectivity index (χ4v) is 5.43. The zero-order chi connectivity index (χ0) is 29.3. The zero-order valence-corrected chi connectivity index (χ0v) is 24.4. The molecule has 11 nitrogen and oxygen atoms in total. The number of nitrogens with zero attached hydrogens (tertiary/aromatic N) is 6. The summed E-state index contributed by atoms with van der Waals surface area (Å²) in [7, 11) is 3.37. The maximum atomic E-state index is 13.4. The molecule has 0 aliphatic carbocycles. The van der Waals surface area contributed by atoms with Crippen LogP contribution >= 0.6 is 0 Å². The third-order valence-corrected chi connectivity index (χ3v) is 7.63. The van der Waals surface area contributed by atoms with Crippen LogP contribution in [0.4, 0.5) is 22.0 Å². The van der Waals surface area contributed by atoms with Gasteiger partial charge in [0.25, 0.3) is 5.91 Å². The Labute approximate surface area is 240 Å². The highest BCUT2D eigenvalue weighted by Gasteiger charge is 2.30. The van der Waals surface area contributed by atoms with Crippen molar-refractivity contribution >= 4 is 35.0 Å². The lowest BCUT2D eigenvalue weighted by Crippen LogP contribution is -2.35. The first-order valence-electron chi connectivity index (χ1n) is 14.1. The van der Waals surface area contributed by atoms with Gasteiger partial charge in [0, 0.05) is 76.6 Å². The van der Waals surface area contributed by atoms with Gasteiger partial charge in [-0.1, -0.05) is 12.1 Å². The third kappa shape index (κ3) is 5.89. The van der Waals surface area contributed by atoms with Crippen molar-refractivity contribution in [3.8, 4) is 0 Å². The summed E-state index contributed by atoms with van der Waals surface area (Å²) in [6, 6.07) is 9.41. The summed E-state index contributed by atoms with van der Waals surface area (Å²) in [5, 5.41) is 10.6. The molecule has 41 heavy (non-hydrogen) atoms. The number of urea groups is 1. The minimum absolute atomic E-state index is 0.0342. The Balaban J connectivity index is 1.32. The lowest BCUT2D eigenvalue weighted by molar-refractivity contribution is -0.116. The zero-order valence-electron chi connectivity index (χ0n) is 24.4. The van der Waals surface area contributed by atoms with Crippen molar-refractivity contribution in [2.24, 2.45) is 0 Å². The van der Waals surface area contributed by atoms with Crippen molar-refractivity contribution in [1.29, 1.82) is 0 Å². The number of benzene rings is 1. The maximum Gasteiger partial charge on any atom is 0.321 e. The van der Waals surface area contributed by atoms with Crippen LogP contribution in [0.15, 0.2) is 36.5 Å². The summed E-state index contributed by atoms with van der Waals surface area (Å²) >= 11 is 0. The number of amides is 4. The number of hydrogen-bond donors (Lipinski definition) is 2. The van der Waals surface area contributed by atoms with Crippen molar-refractivity contribution in [2.75, 3.05) is 42.3 Å². The van der Waals surface area contributed by atoms with Crippen molar-refractivity contribution in [1.82, 2.24) is 25.0 Å². The fraction of sp³-hybridized carbons (Fsp3) is 0.433. The number of pyridine rings is 1. The van der Waals surface area contributed by atoms with Crippen LogP contribution in [0.3, 0.4) is 0 Å². The van der Waals surface area contributed by atoms with Crippen molar-refractivity contribution in [3.05, 3.63) is 64.6 Å². The SMILES string of the molecule is CC(=O)N1CCCc2cc(N3CCc4c(c(C(=O)NCc5ccc(NC(=O)N(C)C)cc5)nn4C(C)C)C3)ncc21. The monoisotopic (exact) mass is 558 g/mol. The Morgan fingerprint density at radius 2 is 1.83 bits per heavy atom. The van der Waals surface area contributed by atoms with E-state index < -0.39 is 0 Å². The largest absolute Gasteiger partial charge is 0.352 e. The van der Waals surface area contributed by atoms with Crippen LogP contribution in [0.2, 0.25) is 0 Å². The van der Waals surface area contributed by atoms with Gasteiger partial charge in [0.15, 0.2) is 5.69 Å². The second kappa shape index (κ2) is 11.6. The van der Waals surface area contributed by atoms with E-state index >= 15 is 0 Å². The Hall–Kier alpha value is -4.41. The average molecular weight is 559 g/mol. The molecule has 0 spiro atoms. The predicted molar refractivity (Wildman–Crippen MR) is 158 cm³/mol. The summed E-state index contributed by atoms with van der Waals surface area (Å²) in [5.74, 6) is 0.666. The molecule has 3 aromatic rings. The first-order chi connectivity index (χ1) is 19.6. The highest BCUT2D eigenvalue weighted by molar-refractivity contribution is 5.94. The number of anilines is 3. The number of rotatable bonds is 6. The maximum absolute atomic E-state index is 13.4. The van der Waals surface area contributed by atoms with Gasteiger partial charge in [-0.25, -0.2) is 9.78 Å². The number of aryl methyl sites for hydroxylation is 1. The number of carbonyl (C=O) groups excluding carboxylic acids is 3. The van der Waals surface area contributed by atoms with Gasteiger partial charge in [-0.2, -0.15) is 5.10 Å². The van der Waals surface area contributed by atoms with E-state index in [-0.39, 0.29) is 23.9 Å². The molecule has 0 bridgehead atoms. The van der Waals surface area contributed by atoms with Crippen LogP contribution in [-0.2, 0) is 30.7 Å². The van der Waals surface area contributed by atoms with E-state index in [4.69, 9.17) is 10.1 Å². The van der Waals surface area contributed by atoms with Crippen LogP contribution in [-0.4, -0.2) is 64.7 Å². The molecule has 0 atom stereocenters. The van der Waals surface area contributed by atoms with Gasteiger partial charge in [0.1, 0.15) is 5.82 Å². The van der Waals surface area contributed by atoms with Gasteiger partial charge in [-0.15, -0.1) is 0 Å². The van der Waals surface area contributed by atoms with Gasteiger partial charge < -0.3 is 25.3 Å². The molecule has 0 radical (unpaired) electrons. The Morgan fingerprint density at radius 3 is 2.51 bits per heavy atom. The van der Waals surface area contributed by atoms with Gasteiger partial charge in [0.05, 0.1) is 11.9 Å². The number of fused-ring (bicyclic) bond motifs is 2. The Kier molecular flexibility index (Phi) is 7.96. The third-order valence-electron chi connectivity index (χ3n) is 7.63. The Morgan fingerprint density at radius 1 is 1.07 bits per heavy atom. The number of nitrogens with one attached hydrogen (secondary N) is 2. The fourth-order valence-electron chi connectivity index (χ4n) is 5.43. The van der Waals surface area contributed by atoms with Crippen LogP contribution in [0.1, 0.15) is 66.1 Å². The molecule has 0 saturated heterocycles. The predicted octanol–water partition coefficient (Wildman–Crippen LogP) is 3.74. The number of hydrogen-bond acceptors (Lipinski definition) is 6. The lowest BCUT2D eigenvalue weighted by Gasteiger charge is -2.32. The van der Waals surface area contributed by atoms with E-state index in [0.717, 1.165) is 66.2 Å². The molecule has 11 heteroatoms. The van der Waals surface area contributed by atoms with E-state index in [1.807, 2.05) is 35.1 Å². The molecular weight excluding hydrogens is 520 g/mol. The number of aromatic nitrogens is 3. The molecule has 216 valence electrons. The van der Waals surface area contributed by atoms with Crippen molar-refractivity contribution < 1.29 is 14.4 Å². The molecule has 4 amide bonds. The molecule has 2 aromatic heterocycles. The molecule has 1 aromatic carbocycles. The quantitative estimate of drug-likeness (QED) is 0.476. The summed E-state index contributed by atoms with van der Waals surface area (Å²) in [6.07, 6.45) is 4.41. The van der Waals surface area contributed by atoms with Gasteiger partial charge in [-0.05, 0) is 56.0 Å². The number of carbonyl (C=O) groups is 3. The molecular formula is C30H38N8O3. The van der Waals surface area contributed by atoms with E-state index in [9.17, 15) is 14.4 Å². The van der Waals surface area contributed by atoms with E-state index in [0.29, 0.717) is 24.5 Å². The molecule has 4 heterocycles. The second-order valence-electron chi connectivity index (χ2n) is 11.1. The second-order valence-corrected chi connectivity index (χ2v) is 11.1. The van der Waals surface area contributed by atoms with E-state index in [1.165, 1.54) is 4.90 Å². The summed E-state index contributed by atoms with van der Waals surface area (Å²) in [6.45, 7) is 8.11. The molecule has 2 N–H and O–H groups in total. The molecule has 2 aliphatic heterocycles. The van der Waals surface area contributed by atoms with Crippen molar-refractivity contribution in [3.63, 3.8) is 0 Å². The van der Waals surface area contributed by atoms with E-state index in [2.05, 4.69) is 35.4 Å². The van der Waals surface area contributed by atoms with Gasteiger partial charge >= 0.3 is 6.03 Å². The first-order valence-corrected chi connectivity index (χ1v) is 14.1. The normalized spacial score (nSPS) is 14.4. The summed E-state index contributed by atoms with van der Waals surface area (Å²) in [4.78, 5) is 47.6. The first kappa shape index (κ1) is 28.1. The minimum Gasteiger partial charge on any atom is -0.352 e. The molecule has 0 unspecified atom stereocenters. The topological polar surface area (TPSA) is 116 Å². The van der Waals surface area contributed by atoms with E-state index in [1.54, 1.807) is 25.9 Å². The van der Waals surface area contributed by atoms with Crippen molar-refractivity contribution in [2.45, 2.75) is 59.2 Å². The van der Waals surface area contributed by atoms with Crippen LogP contribution in [0.25, 0.3) is 0 Å². The lowest BCUT2D eigenvalue weighted by atomic mass is 10.0. The summed E-state index contributed by atoms with van der Waals surface area (Å²) in [5.41, 5.74) is 6.08. The summed E-state index contributed by atoms with van der Waals surface area (Å²) < 4.78 is 1.97. The highest BCUT2D eigenvalue weighted by atomic mass is 16.2.